The van der Waals surface area contributed by atoms with E-state index < -0.39 is 0 Å². The van der Waals surface area contributed by atoms with Crippen LogP contribution in [0.1, 0.15) is 23.2 Å². The number of halogens is 1. The summed E-state index contributed by atoms with van der Waals surface area (Å²) >= 11 is 5.86. The van der Waals surface area contributed by atoms with Gasteiger partial charge in [-0.3, -0.25) is 9.59 Å². The van der Waals surface area contributed by atoms with Crippen molar-refractivity contribution in [2.45, 2.75) is 18.9 Å². The minimum atomic E-state index is -0.306. The van der Waals surface area contributed by atoms with E-state index in [-0.39, 0.29) is 22.7 Å². The monoisotopic (exact) mass is 268 g/mol. The van der Waals surface area contributed by atoms with Gasteiger partial charge in [-0.25, -0.2) is 9.97 Å². The molecule has 1 N–H and O–H groups in total. The highest BCUT2D eigenvalue weighted by atomic mass is 35.5. The molecular weight excluding hydrogens is 256 g/mol. The summed E-state index contributed by atoms with van der Waals surface area (Å²) in [7, 11) is 1.59. The first kappa shape index (κ1) is 12.8. The molecule has 1 aliphatic rings. The first-order valence-electron chi connectivity index (χ1n) is 5.63. The smallest absolute Gasteiger partial charge is 0.242 e. The quantitative estimate of drug-likeness (QED) is 0.644. The van der Waals surface area contributed by atoms with Gasteiger partial charge < -0.3 is 10.2 Å². The van der Waals surface area contributed by atoms with E-state index in [1.807, 2.05) is 0 Å². The van der Waals surface area contributed by atoms with Gasteiger partial charge in [0.15, 0.2) is 6.29 Å². The van der Waals surface area contributed by atoms with Gasteiger partial charge in [0.05, 0.1) is 5.56 Å². The van der Waals surface area contributed by atoms with Gasteiger partial charge in [0.2, 0.25) is 5.91 Å². The fraction of sp³-hybridized carbons (Fsp3) is 0.455. The summed E-state index contributed by atoms with van der Waals surface area (Å²) < 4.78 is 0. The molecule has 0 saturated carbocycles. The molecular formula is C11H13ClN4O2. The van der Waals surface area contributed by atoms with Crippen LogP contribution in [-0.2, 0) is 4.79 Å². The molecule has 1 aliphatic heterocycles. The van der Waals surface area contributed by atoms with Crippen LogP contribution < -0.4 is 10.2 Å². The molecule has 96 valence electrons. The molecule has 0 bridgehead atoms. The number of anilines is 1. The topological polar surface area (TPSA) is 75.2 Å². The number of carbonyl (C=O) groups is 2. The Balaban J connectivity index is 2.39. The Kier molecular flexibility index (Phi) is 3.76. The van der Waals surface area contributed by atoms with Crippen molar-refractivity contribution in [3.63, 3.8) is 0 Å². The summed E-state index contributed by atoms with van der Waals surface area (Å²) in [6, 6.07) is -0.306. The number of aromatic nitrogens is 2. The minimum Gasteiger partial charge on any atom is -0.357 e. The number of likely N-dealkylation sites (N-methyl/N-ethyl adjacent to an activating group) is 1. The fourth-order valence-electron chi connectivity index (χ4n) is 2.16. The van der Waals surface area contributed by atoms with Crippen LogP contribution in [0, 0.1) is 0 Å². The van der Waals surface area contributed by atoms with Gasteiger partial charge in [0.1, 0.15) is 23.3 Å². The van der Waals surface area contributed by atoms with Crippen LogP contribution in [0.4, 0.5) is 5.82 Å². The molecule has 1 fully saturated rings. The van der Waals surface area contributed by atoms with E-state index in [1.54, 1.807) is 11.9 Å². The highest BCUT2D eigenvalue weighted by Gasteiger charge is 2.32. The molecule has 0 aliphatic carbocycles. The van der Waals surface area contributed by atoms with E-state index in [0.717, 1.165) is 12.8 Å². The molecule has 18 heavy (non-hydrogen) atoms. The second-order valence-corrected chi connectivity index (χ2v) is 4.34. The molecule has 0 radical (unpaired) electrons. The molecule has 2 heterocycles. The summed E-state index contributed by atoms with van der Waals surface area (Å²) in [6.45, 7) is 0.673. The zero-order chi connectivity index (χ0) is 13.1. The highest BCUT2D eigenvalue weighted by Crippen LogP contribution is 2.28. The van der Waals surface area contributed by atoms with E-state index in [1.165, 1.54) is 6.33 Å². The van der Waals surface area contributed by atoms with Gasteiger partial charge in [-0.2, -0.15) is 0 Å². The Morgan fingerprint density at radius 1 is 1.61 bits per heavy atom. The second kappa shape index (κ2) is 5.30. The lowest BCUT2D eigenvalue weighted by Crippen LogP contribution is -2.42. The Bertz CT molecular complexity index is 480. The maximum Gasteiger partial charge on any atom is 0.242 e. The Morgan fingerprint density at radius 3 is 3.06 bits per heavy atom. The average molecular weight is 269 g/mol. The van der Waals surface area contributed by atoms with E-state index in [0.29, 0.717) is 18.6 Å². The molecule has 0 aromatic carbocycles. The fourth-order valence-corrected chi connectivity index (χ4v) is 2.33. The molecule has 6 nitrogen and oxygen atoms in total. The molecule has 1 aromatic rings. The van der Waals surface area contributed by atoms with Crippen LogP contribution in [0.5, 0.6) is 0 Å². The standard InChI is InChI=1S/C11H13ClN4O2/c1-13-11(18)8-3-2-4-16(8)10-7(5-17)9(12)14-6-15-10/h5-6,8H,2-4H2,1H3,(H,13,18). The minimum absolute atomic E-state index is 0.0842. The van der Waals surface area contributed by atoms with E-state index in [9.17, 15) is 9.59 Å². The number of nitrogens with zero attached hydrogens (tertiary/aromatic N) is 3. The molecule has 1 aromatic heterocycles. The maximum atomic E-state index is 11.8. The van der Waals surface area contributed by atoms with Crippen molar-refractivity contribution in [3.8, 4) is 0 Å². The molecule has 1 atom stereocenters. The van der Waals surface area contributed by atoms with Crippen LogP contribution in [0.15, 0.2) is 6.33 Å². The summed E-state index contributed by atoms with van der Waals surface area (Å²) in [5.74, 6) is 0.343. The van der Waals surface area contributed by atoms with Gasteiger partial charge >= 0.3 is 0 Å². The summed E-state index contributed by atoms with van der Waals surface area (Å²) in [5, 5.41) is 2.72. The maximum absolute atomic E-state index is 11.8. The van der Waals surface area contributed by atoms with E-state index >= 15 is 0 Å². The number of nitrogens with one attached hydrogen (secondary N) is 1. The van der Waals surface area contributed by atoms with E-state index in [4.69, 9.17) is 11.6 Å². The lowest BCUT2D eigenvalue weighted by atomic mass is 10.2. The summed E-state index contributed by atoms with van der Waals surface area (Å²) in [4.78, 5) is 32.5. The predicted molar refractivity (Wildman–Crippen MR) is 66.9 cm³/mol. The predicted octanol–water partition coefficient (Wildman–Crippen LogP) is 0.657. The number of hydrogen-bond donors (Lipinski definition) is 1. The molecule has 2 rings (SSSR count). The van der Waals surface area contributed by atoms with Crippen molar-refractivity contribution in [3.05, 3.63) is 17.0 Å². The molecule has 7 heteroatoms. The third-order valence-corrected chi connectivity index (χ3v) is 3.31. The number of amides is 1. The van der Waals surface area contributed by atoms with Gasteiger partial charge in [-0.15, -0.1) is 0 Å². The Morgan fingerprint density at radius 2 is 2.39 bits per heavy atom. The first-order valence-corrected chi connectivity index (χ1v) is 6.00. The summed E-state index contributed by atoms with van der Waals surface area (Å²) in [6.07, 6.45) is 3.53. The lowest BCUT2D eigenvalue weighted by Gasteiger charge is -2.25. The van der Waals surface area contributed by atoms with Gasteiger partial charge in [-0.05, 0) is 12.8 Å². The van der Waals surface area contributed by atoms with Crippen LogP contribution in [0.3, 0.4) is 0 Å². The van der Waals surface area contributed by atoms with Crippen molar-refractivity contribution < 1.29 is 9.59 Å². The zero-order valence-electron chi connectivity index (χ0n) is 9.89. The second-order valence-electron chi connectivity index (χ2n) is 3.99. The molecule has 1 saturated heterocycles. The highest BCUT2D eigenvalue weighted by molar-refractivity contribution is 6.32. The van der Waals surface area contributed by atoms with Crippen molar-refractivity contribution in [1.82, 2.24) is 15.3 Å². The number of carbonyl (C=O) groups excluding carboxylic acids is 2. The third-order valence-electron chi connectivity index (χ3n) is 3.01. The molecule has 1 amide bonds. The van der Waals surface area contributed by atoms with Crippen LogP contribution >= 0.6 is 11.6 Å². The molecule has 1 unspecified atom stereocenters. The number of aldehydes is 1. The lowest BCUT2D eigenvalue weighted by molar-refractivity contribution is -0.121. The number of hydrogen-bond acceptors (Lipinski definition) is 5. The van der Waals surface area contributed by atoms with Crippen LogP contribution in [0.25, 0.3) is 0 Å². The zero-order valence-corrected chi connectivity index (χ0v) is 10.6. The van der Waals surface area contributed by atoms with E-state index in [2.05, 4.69) is 15.3 Å². The van der Waals surface area contributed by atoms with Gasteiger partial charge in [-0.1, -0.05) is 11.6 Å². The third kappa shape index (κ3) is 2.15. The average Bonchev–Trinajstić information content (AvgIpc) is 2.86. The van der Waals surface area contributed by atoms with Crippen molar-refractivity contribution in [2.24, 2.45) is 0 Å². The SMILES string of the molecule is CNC(=O)C1CCCN1c1ncnc(Cl)c1C=O. The number of rotatable bonds is 3. The van der Waals surface area contributed by atoms with Crippen molar-refractivity contribution in [2.75, 3.05) is 18.5 Å². The Labute approximate surface area is 109 Å². The van der Waals surface area contributed by atoms with Gasteiger partial charge in [0, 0.05) is 13.6 Å². The van der Waals surface area contributed by atoms with Crippen molar-refractivity contribution >= 4 is 29.6 Å². The largest absolute Gasteiger partial charge is 0.357 e. The van der Waals surface area contributed by atoms with Gasteiger partial charge in [0.25, 0.3) is 0 Å². The van der Waals surface area contributed by atoms with Crippen LogP contribution in [0.2, 0.25) is 5.15 Å². The summed E-state index contributed by atoms with van der Waals surface area (Å²) in [5.41, 5.74) is 0.231. The first-order chi connectivity index (χ1) is 8.69. The normalized spacial score (nSPS) is 18.8. The molecule has 0 spiro atoms. The Hall–Kier alpha value is -1.69. The van der Waals surface area contributed by atoms with Crippen molar-refractivity contribution in [1.29, 1.82) is 0 Å². The van der Waals surface area contributed by atoms with Crippen LogP contribution in [-0.4, -0.2) is 41.8 Å².